The SMILES string of the molecule is CN(C)S(=O)(=O)c1ccc(Nc2nc(Nc3ccc(C#N)cc3)nc3ccccc23)cc1. The highest BCUT2D eigenvalue weighted by molar-refractivity contribution is 7.89. The van der Waals surface area contributed by atoms with E-state index in [1.165, 1.54) is 18.4 Å². The first-order valence-corrected chi connectivity index (χ1v) is 11.1. The average Bonchev–Trinajstić information content (AvgIpc) is 2.80. The van der Waals surface area contributed by atoms with Gasteiger partial charge in [-0.25, -0.2) is 17.7 Å². The number of para-hydroxylation sites is 1. The van der Waals surface area contributed by atoms with Crippen molar-refractivity contribution in [3.05, 3.63) is 78.4 Å². The largest absolute Gasteiger partial charge is 0.340 e. The monoisotopic (exact) mass is 444 g/mol. The zero-order chi connectivity index (χ0) is 22.7. The van der Waals surface area contributed by atoms with Crippen LogP contribution in [0.5, 0.6) is 0 Å². The zero-order valence-corrected chi connectivity index (χ0v) is 18.3. The van der Waals surface area contributed by atoms with Crippen LogP contribution in [0.4, 0.5) is 23.1 Å². The molecule has 4 rings (SSSR count). The summed E-state index contributed by atoms with van der Waals surface area (Å²) in [5.41, 5.74) is 2.75. The van der Waals surface area contributed by atoms with E-state index in [2.05, 4.69) is 26.7 Å². The lowest BCUT2D eigenvalue weighted by Crippen LogP contribution is -2.22. The molecule has 2 N–H and O–H groups in total. The van der Waals surface area contributed by atoms with Crippen molar-refractivity contribution in [2.24, 2.45) is 0 Å². The Bertz CT molecular complexity index is 1410. The van der Waals surface area contributed by atoms with Crippen molar-refractivity contribution in [2.75, 3.05) is 24.7 Å². The van der Waals surface area contributed by atoms with E-state index in [4.69, 9.17) is 5.26 Å². The third kappa shape index (κ3) is 4.37. The van der Waals surface area contributed by atoms with E-state index in [0.29, 0.717) is 23.0 Å². The number of sulfonamides is 1. The van der Waals surface area contributed by atoms with E-state index in [1.807, 2.05) is 24.3 Å². The van der Waals surface area contributed by atoms with Crippen LogP contribution in [0.2, 0.25) is 0 Å². The Morgan fingerprint density at radius 1 is 0.844 bits per heavy atom. The molecule has 0 saturated carbocycles. The van der Waals surface area contributed by atoms with Gasteiger partial charge in [-0.15, -0.1) is 0 Å². The molecule has 160 valence electrons. The normalized spacial score (nSPS) is 11.3. The van der Waals surface area contributed by atoms with Gasteiger partial charge in [0.25, 0.3) is 0 Å². The fraction of sp³-hybridized carbons (Fsp3) is 0.0870. The summed E-state index contributed by atoms with van der Waals surface area (Å²) in [6.07, 6.45) is 0. The summed E-state index contributed by atoms with van der Waals surface area (Å²) < 4.78 is 25.8. The molecule has 0 spiro atoms. The van der Waals surface area contributed by atoms with Crippen LogP contribution in [0.1, 0.15) is 5.56 Å². The molecule has 0 amide bonds. The maximum absolute atomic E-state index is 12.3. The number of hydrogen-bond donors (Lipinski definition) is 2. The van der Waals surface area contributed by atoms with Gasteiger partial charge < -0.3 is 10.6 Å². The Morgan fingerprint density at radius 2 is 1.47 bits per heavy atom. The number of anilines is 4. The molecule has 8 nitrogen and oxygen atoms in total. The Morgan fingerprint density at radius 3 is 2.12 bits per heavy atom. The highest BCUT2D eigenvalue weighted by Crippen LogP contribution is 2.27. The van der Waals surface area contributed by atoms with Crippen molar-refractivity contribution in [1.82, 2.24) is 14.3 Å². The second-order valence-electron chi connectivity index (χ2n) is 7.16. The third-order valence-electron chi connectivity index (χ3n) is 4.77. The maximum atomic E-state index is 12.3. The van der Waals surface area contributed by atoms with Gasteiger partial charge >= 0.3 is 0 Å². The zero-order valence-electron chi connectivity index (χ0n) is 17.4. The molecule has 3 aromatic carbocycles. The summed E-state index contributed by atoms with van der Waals surface area (Å²) in [6, 6.07) is 23.2. The Balaban J connectivity index is 1.66. The molecule has 0 fully saturated rings. The van der Waals surface area contributed by atoms with Crippen molar-refractivity contribution in [3.8, 4) is 6.07 Å². The number of hydrogen-bond acceptors (Lipinski definition) is 7. The van der Waals surface area contributed by atoms with Gasteiger partial charge in [-0.2, -0.15) is 10.2 Å². The first kappa shape index (κ1) is 21.2. The maximum Gasteiger partial charge on any atom is 0.242 e. The molecule has 9 heteroatoms. The molecule has 0 unspecified atom stereocenters. The first-order chi connectivity index (χ1) is 15.4. The van der Waals surface area contributed by atoms with E-state index in [-0.39, 0.29) is 4.90 Å². The van der Waals surface area contributed by atoms with E-state index >= 15 is 0 Å². The fourth-order valence-electron chi connectivity index (χ4n) is 3.04. The van der Waals surface area contributed by atoms with Crippen LogP contribution in [-0.2, 0) is 10.0 Å². The standard InChI is InChI=1S/C23H20N6O2S/c1-29(2)32(30,31)19-13-11-17(12-14-19)25-22-20-5-3-4-6-21(20)27-23(28-22)26-18-9-7-16(15-24)8-10-18/h3-14H,1-2H3,(H2,25,26,27,28). The average molecular weight is 445 g/mol. The summed E-state index contributed by atoms with van der Waals surface area (Å²) in [5.74, 6) is 0.970. The van der Waals surface area contributed by atoms with Crippen LogP contribution >= 0.6 is 0 Å². The summed E-state index contributed by atoms with van der Waals surface area (Å²) in [7, 11) is -0.504. The number of aromatic nitrogens is 2. The van der Waals surface area contributed by atoms with Crippen LogP contribution < -0.4 is 10.6 Å². The van der Waals surface area contributed by atoms with Gasteiger partial charge in [-0.1, -0.05) is 12.1 Å². The Labute approximate surface area is 186 Å². The van der Waals surface area contributed by atoms with Gasteiger partial charge in [0.2, 0.25) is 16.0 Å². The van der Waals surface area contributed by atoms with Gasteiger partial charge in [0, 0.05) is 30.9 Å². The van der Waals surface area contributed by atoms with Gasteiger partial charge in [0.1, 0.15) is 5.82 Å². The van der Waals surface area contributed by atoms with Crippen molar-refractivity contribution in [1.29, 1.82) is 5.26 Å². The topological polar surface area (TPSA) is 111 Å². The van der Waals surface area contributed by atoms with Crippen LogP contribution in [0.3, 0.4) is 0 Å². The summed E-state index contributed by atoms with van der Waals surface area (Å²) in [4.78, 5) is 9.39. The minimum absolute atomic E-state index is 0.212. The first-order valence-electron chi connectivity index (χ1n) is 9.70. The quantitative estimate of drug-likeness (QED) is 0.457. The molecule has 0 aliphatic carbocycles. The van der Waals surface area contributed by atoms with E-state index in [0.717, 1.165) is 16.6 Å². The molecule has 0 aliphatic heterocycles. The van der Waals surface area contributed by atoms with Crippen molar-refractivity contribution < 1.29 is 8.42 Å². The van der Waals surface area contributed by atoms with Gasteiger partial charge in [-0.05, 0) is 60.7 Å². The predicted molar refractivity (Wildman–Crippen MR) is 125 cm³/mol. The second kappa shape index (κ2) is 8.63. The van der Waals surface area contributed by atoms with Gasteiger partial charge in [0.05, 0.1) is 22.0 Å². The number of rotatable bonds is 6. The minimum Gasteiger partial charge on any atom is -0.340 e. The third-order valence-corrected chi connectivity index (χ3v) is 6.60. The minimum atomic E-state index is -3.50. The molecule has 1 heterocycles. The Hall–Kier alpha value is -4.00. The van der Waals surface area contributed by atoms with Crippen LogP contribution in [0.15, 0.2) is 77.7 Å². The molecule has 0 radical (unpaired) electrons. The highest BCUT2D eigenvalue weighted by atomic mass is 32.2. The van der Waals surface area contributed by atoms with Gasteiger partial charge in [0.15, 0.2) is 0 Å². The fourth-order valence-corrected chi connectivity index (χ4v) is 3.94. The number of benzene rings is 3. The highest BCUT2D eigenvalue weighted by Gasteiger charge is 2.17. The second-order valence-corrected chi connectivity index (χ2v) is 9.32. The van der Waals surface area contributed by atoms with E-state index in [9.17, 15) is 8.42 Å². The van der Waals surface area contributed by atoms with Crippen LogP contribution in [0.25, 0.3) is 10.9 Å². The van der Waals surface area contributed by atoms with Crippen LogP contribution in [0, 0.1) is 11.3 Å². The van der Waals surface area contributed by atoms with Crippen molar-refractivity contribution in [2.45, 2.75) is 4.90 Å². The molecular formula is C23H20N6O2S. The molecule has 32 heavy (non-hydrogen) atoms. The predicted octanol–water partition coefficient (Wildman–Crippen LogP) is 4.24. The molecule has 0 bridgehead atoms. The number of nitrogens with zero attached hydrogens (tertiary/aromatic N) is 4. The Kier molecular flexibility index (Phi) is 5.73. The lowest BCUT2D eigenvalue weighted by Gasteiger charge is -2.14. The van der Waals surface area contributed by atoms with Crippen LogP contribution in [-0.4, -0.2) is 36.8 Å². The number of nitrogens with one attached hydrogen (secondary N) is 2. The number of nitriles is 1. The lowest BCUT2D eigenvalue weighted by molar-refractivity contribution is 0.521. The summed E-state index contributed by atoms with van der Waals surface area (Å²) in [6.45, 7) is 0. The van der Waals surface area contributed by atoms with E-state index < -0.39 is 10.0 Å². The molecular weight excluding hydrogens is 424 g/mol. The molecule has 1 aromatic heterocycles. The molecule has 0 aliphatic rings. The summed E-state index contributed by atoms with van der Waals surface area (Å²) in [5, 5.41) is 16.2. The molecule has 4 aromatic rings. The molecule has 0 atom stereocenters. The lowest BCUT2D eigenvalue weighted by atomic mass is 10.2. The van der Waals surface area contributed by atoms with E-state index in [1.54, 1.807) is 48.5 Å². The summed E-state index contributed by atoms with van der Waals surface area (Å²) >= 11 is 0. The molecule has 0 saturated heterocycles. The number of fused-ring (bicyclic) bond motifs is 1. The van der Waals surface area contributed by atoms with Gasteiger partial charge in [-0.3, -0.25) is 0 Å². The smallest absolute Gasteiger partial charge is 0.242 e. The van der Waals surface area contributed by atoms with Crippen molar-refractivity contribution >= 4 is 44.1 Å². The van der Waals surface area contributed by atoms with Crippen molar-refractivity contribution in [3.63, 3.8) is 0 Å².